The molecule has 4 heteroatoms. The van der Waals surface area contributed by atoms with Crippen LogP contribution < -0.4 is 5.48 Å². The van der Waals surface area contributed by atoms with Crippen molar-refractivity contribution >= 4 is 16.8 Å². The number of carbonyl (C=O) groups excluding carboxylic acids is 1. The lowest BCUT2D eigenvalue weighted by atomic mass is 10.1. The predicted octanol–water partition coefficient (Wildman–Crippen LogP) is 2.08. The number of benzene rings is 1. The molecule has 1 aromatic heterocycles. The summed E-state index contributed by atoms with van der Waals surface area (Å²) in [4.78, 5) is 19.4. The van der Waals surface area contributed by atoms with E-state index in [0.29, 0.717) is 5.56 Å². The molecular weight excluding hydrogens is 204 g/mol. The van der Waals surface area contributed by atoms with Gasteiger partial charge >= 0.3 is 0 Å². The number of aryl methyl sites for hydroxylation is 2. The molecule has 0 fully saturated rings. The van der Waals surface area contributed by atoms with Crippen LogP contribution in [0.25, 0.3) is 10.9 Å². The molecule has 0 spiro atoms. The van der Waals surface area contributed by atoms with Crippen molar-refractivity contribution in [2.45, 2.75) is 13.8 Å². The largest absolute Gasteiger partial charge is 0.358 e. The molecule has 0 aliphatic heterocycles. The summed E-state index contributed by atoms with van der Waals surface area (Å²) in [6, 6.07) is 5.54. The highest BCUT2D eigenvalue weighted by Crippen LogP contribution is 2.22. The first-order valence-electron chi connectivity index (χ1n) is 5.05. The second-order valence-corrected chi connectivity index (χ2v) is 3.77. The second-order valence-electron chi connectivity index (χ2n) is 3.77. The van der Waals surface area contributed by atoms with Crippen LogP contribution in [0.2, 0.25) is 0 Å². The average molecular weight is 218 g/mol. The van der Waals surface area contributed by atoms with Gasteiger partial charge < -0.3 is 4.98 Å². The first-order valence-corrected chi connectivity index (χ1v) is 5.05. The number of aromatic nitrogens is 1. The summed E-state index contributed by atoms with van der Waals surface area (Å²) in [7, 11) is 1.42. The van der Waals surface area contributed by atoms with Crippen molar-refractivity contribution in [2.24, 2.45) is 0 Å². The molecule has 0 saturated carbocycles. The van der Waals surface area contributed by atoms with E-state index in [1.165, 1.54) is 12.7 Å². The van der Waals surface area contributed by atoms with Crippen molar-refractivity contribution < 1.29 is 9.63 Å². The normalized spacial score (nSPS) is 10.7. The Hall–Kier alpha value is -1.81. The Labute approximate surface area is 93.6 Å². The van der Waals surface area contributed by atoms with E-state index in [1.54, 1.807) is 6.07 Å². The predicted molar refractivity (Wildman–Crippen MR) is 62.2 cm³/mol. The van der Waals surface area contributed by atoms with Crippen LogP contribution in [-0.4, -0.2) is 18.0 Å². The minimum atomic E-state index is -0.234. The second kappa shape index (κ2) is 3.98. The van der Waals surface area contributed by atoms with Gasteiger partial charge in [-0.05, 0) is 37.6 Å². The lowest BCUT2D eigenvalue weighted by molar-refractivity contribution is 0.0538. The first kappa shape index (κ1) is 10.7. The van der Waals surface area contributed by atoms with E-state index >= 15 is 0 Å². The zero-order chi connectivity index (χ0) is 11.7. The smallest absolute Gasteiger partial charge is 0.274 e. The maximum absolute atomic E-state index is 11.6. The number of carbonyl (C=O) groups is 1. The number of H-pyrrole nitrogens is 1. The van der Waals surface area contributed by atoms with Gasteiger partial charge in [0, 0.05) is 22.2 Å². The molecule has 84 valence electrons. The number of nitrogens with one attached hydrogen (secondary N) is 2. The number of amides is 1. The topological polar surface area (TPSA) is 54.1 Å². The molecular formula is C12H14N2O2. The molecule has 0 unspecified atom stereocenters. The molecule has 0 saturated heterocycles. The summed E-state index contributed by atoms with van der Waals surface area (Å²) in [6.07, 6.45) is 0. The summed E-state index contributed by atoms with van der Waals surface area (Å²) in [5.74, 6) is -0.234. The van der Waals surface area contributed by atoms with Crippen molar-refractivity contribution in [1.29, 1.82) is 0 Å². The Kier molecular flexibility index (Phi) is 2.66. The number of hydroxylamine groups is 1. The summed E-state index contributed by atoms with van der Waals surface area (Å²) in [5, 5.41) is 1.07. The SMILES string of the molecule is CONC(=O)c1ccc2[nH]c(C)c(C)c2c1. The molecule has 2 rings (SSSR count). The maximum Gasteiger partial charge on any atom is 0.274 e. The van der Waals surface area contributed by atoms with Crippen LogP contribution in [0.3, 0.4) is 0 Å². The minimum Gasteiger partial charge on any atom is -0.358 e. The van der Waals surface area contributed by atoms with Crippen LogP contribution in [0.15, 0.2) is 18.2 Å². The van der Waals surface area contributed by atoms with Crippen LogP contribution in [-0.2, 0) is 4.84 Å². The zero-order valence-corrected chi connectivity index (χ0v) is 9.55. The van der Waals surface area contributed by atoms with Gasteiger partial charge in [-0.25, -0.2) is 5.48 Å². The summed E-state index contributed by atoms with van der Waals surface area (Å²) in [5.41, 5.74) is 6.24. The molecule has 16 heavy (non-hydrogen) atoms. The van der Waals surface area contributed by atoms with Crippen LogP contribution in [0.1, 0.15) is 21.6 Å². The van der Waals surface area contributed by atoms with E-state index < -0.39 is 0 Å². The summed E-state index contributed by atoms with van der Waals surface area (Å²) in [6.45, 7) is 4.05. The van der Waals surface area contributed by atoms with Gasteiger partial charge in [0.2, 0.25) is 0 Å². The monoisotopic (exact) mass is 218 g/mol. The molecule has 0 atom stereocenters. The van der Waals surface area contributed by atoms with Crippen molar-refractivity contribution in [1.82, 2.24) is 10.5 Å². The van der Waals surface area contributed by atoms with Crippen molar-refractivity contribution in [3.63, 3.8) is 0 Å². The molecule has 0 radical (unpaired) electrons. The lowest BCUT2D eigenvalue weighted by Crippen LogP contribution is -2.21. The number of aromatic amines is 1. The Morgan fingerprint density at radius 2 is 2.12 bits per heavy atom. The van der Waals surface area contributed by atoms with Crippen LogP contribution in [0.5, 0.6) is 0 Å². The highest BCUT2D eigenvalue weighted by atomic mass is 16.6. The molecule has 0 aliphatic rings. The van der Waals surface area contributed by atoms with Gasteiger partial charge in [-0.2, -0.15) is 0 Å². The Morgan fingerprint density at radius 1 is 1.38 bits per heavy atom. The third kappa shape index (κ3) is 1.67. The molecule has 2 N–H and O–H groups in total. The zero-order valence-electron chi connectivity index (χ0n) is 9.55. The molecule has 1 aromatic carbocycles. The fourth-order valence-electron chi connectivity index (χ4n) is 1.75. The summed E-state index contributed by atoms with van der Waals surface area (Å²) >= 11 is 0. The molecule has 2 aromatic rings. The molecule has 1 heterocycles. The Morgan fingerprint density at radius 3 is 2.81 bits per heavy atom. The van der Waals surface area contributed by atoms with Gasteiger partial charge in [0.15, 0.2) is 0 Å². The van der Waals surface area contributed by atoms with Gasteiger partial charge in [-0.3, -0.25) is 9.63 Å². The number of hydrogen-bond acceptors (Lipinski definition) is 2. The number of rotatable bonds is 2. The standard InChI is InChI=1S/C12H14N2O2/c1-7-8(2)13-11-5-4-9(6-10(7)11)12(15)14-16-3/h4-6,13H,1-3H3,(H,14,15). The van der Waals surface area contributed by atoms with Crippen molar-refractivity contribution in [3.05, 3.63) is 35.0 Å². The number of fused-ring (bicyclic) bond motifs is 1. The first-order chi connectivity index (χ1) is 7.63. The van der Waals surface area contributed by atoms with Gasteiger partial charge in [-0.1, -0.05) is 0 Å². The van der Waals surface area contributed by atoms with E-state index in [1.807, 2.05) is 26.0 Å². The average Bonchev–Trinajstić information content (AvgIpc) is 2.55. The maximum atomic E-state index is 11.6. The third-order valence-corrected chi connectivity index (χ3v) is 2.77. The van der Waals surface area contributed by atoms with E-state index in [4.69, 9.17) is 0 Å². The molecule has 1 amide bonds. The van der Waals surface area contributed by atoms with E-state index in [2.05, 4.69) is 15.3 Å². The lowest BCUT2D eigenvalue weighted by Gasteiger charge is -2.02. The van der Waals surface area contributed by atoms with Gasteiger partial charge in [-0.15, -0.1) is 0 Å². The summed E-state index contributed by atoms with van der Waals surface area (Å²) < 4.78 is 0. The fourth-order valence-corrected chi connectivity index (χ4v) is 1.75. The van der Waals surface area contributed by atoms with Gasteiger partial charge in [0.1, 0.15) is 0 Å². The highest BCUT2D eigenvalue weighted by molar-refractivity contribution is 5.98. The quantitative estimate of drug-likeness (QED) is 0.758. The van der Waals surface area contributed by atoms with E-state index in [0.717, 1.165) is 16.6 Å². The number of hydrogen-bond donors (Lipinski definition) is 2. The van der Waals surface area contributed by atoms with Crippen molar-refractivity contribution in [3.8, 4) is 0 Å². The molecule has 0 aliphatic carbocycles. The van der Waals surface area contributed by atoms with E-state index in [-0.39, 0.29) is 5.91 Å². The molecule has 4 nitrogen and oxygen atoms in total. The van der Waals surface area contributed by atoms with Gasteiger partial charge in [0.05, 0.1) is 7.11 Å². The van der Waals surface area contributed by atoms with Gasteiger partial charge in [0.25, 0.3) is 5.91 Å². The Bertz CT molecular complexity index is 543. The minimum absolute atomic E-state index is 0.234. The van der Waals surface area contributed by atoms with Crippen LogP contribution in [0, 0.1) is 13.8 Å². The van der Waals surface area contributed by atoms with Crippen molar-refractivity contribution in [2.75, 3.05) is 7.11 Å². The Balaban J connectivity index is 2.50. The van der Waals surface area contributed by atoms with Crippen LogP contribution >= 0.6 is 0 Å². The molecule has 0 bridgehead atoms. The fraction of sp³-hybridized carbons (Fsp3) is 0.250. The third-order valence-electron chi connectivity index (χ3n) is 2.77. The highest BCUT2D eigenvalue weighted by Gasteiger charge is 2.09. The van der Waals surface area contributed by atoms with Crippen LogP contribution in [0.4, 0.5) is 0 Å². The van der Waals surface area contributed by atoms with E-state index in [9.17, 15) is 4.79 Å².